The van der Waals surface area contributed by atoms with Gasteiger partial charge in [-0.25, -0.2) is 0 Å². The number of nitrogens with zero attached hydrogens (tertiary/aromatic N) is 2. The smallest absolute Gasteiger partial charge is 0.273 e. The van der Waals surface area contributed by atoms with Crippen LogP contribution in [0, 0.1) is 0 Å². The van der Waals surface area contributed by atoms with E-state index in [9.17, 15) is 9.59 Å². The Hall–Kier alpha value is -1.50. The number of hydrogen-bond acceptors (Lipinski definition) is 4. The van der Waals surface area contributed by atoms with Crippen LogP contribution in [-0.4, -0.2) is 21.2 Å². The third kappa shape index (κ3) is 5.00. The van der Waals surface area contributed by atoms with Crippen molar-refractivity contribution < 1.29 is 4.79 Å². The highest BCUT2D eigenvalue weighted by Crippen LogP contribution is 2.26. The number of aromatic nitrogens is 2. The van der Waals surface area contributed by atoms with Gasteiger partial charge in [0.05, 0.1) is 11.8 Å². The fraction of sp³-hybridized carbons (Fsp3) is 0.312. The number of halogens is 2. The van der Waals surface area contributed by atoms with Crippen molar-refractivity contribution in [2.24, 2.45) is 0 Å². The monoisotopic (exact) mass is 385 g/mol. The highest BCUT2D eigenvalue weighted by molar-refractivity contribution is 7.99. The molecular weight excluding hydrogens is 369 g/mol. The third-order valence-electron chi connectivity index (χ3n) is 3.33. The number of thioether (sulfide) groups is 1. The molecule has 0 aliphatic rings. The first-order valence-corrected chi connectivity index (χ1v) is 9.09. The zero-order valence-corrected chi connectivity index (χ0v) is 15.6. The largest absolute Gasteiger partial charge is 0.349 e. The second kappa shape index (κ2) is 8.55. The Kier molecular flexibility index (Phi) is 6.71. The number of hydrogen-bond donors (Lipinski definition) is 1. The van der Waals surface area contributed by atoms with E-state index in [-0.39, 0.29) is 23.3 Å². The molecule has 0 bridgehead atoms. The van der Waals surface area contributed by atoms with E-state index in [1.54, 1.807) is 24.4 Å². The van der Waals surface area contributed by atoms with Gasteiger partial charge in [0.15, 0.2) is 5.16 Å². The van der Waals surface area contributed by atoms with Gasteiger partial charge < -0.3 is 9.88 Å². The Labute approximate surface area is 154 Å². The van der Waals surface area contributed by atoms with Crippen LogP contribution in [0.25, 0.3) is 0 Å². The fourth-order valence-corrected chi connectivity index (χ4v) is 3.54. The molecular formula is C16H17Cl2N3O2S. The summed E-state index contributed by atoms with van der Waals surface area (Å²) in [6, 6.07) is 6.31. The molecule has 0 saturated heterocycles. The summed E-state index contributed by atoms with van der Waals surface area (Å²) in [6.45, 7) is 4.47. The number of rotatable bonds is 6. The van der Waals surface area contributed by atoms with E-state index < -0.39 is 0 Å². The van der Waals surface area contributed by atoms with Gasteiger partial charge in [0, 0.05) is 28.9 Å². The number of carbonyl (C=O) groups is 1. The summed E-state index contributed by atoms with van der Waals surface area (Å²) < 4.78 is 1.82. The summed E-state index contributed by atoms with van der Waals surface area (Å²) in [5, 5.41) is 4.46. The molecule has 0 spiro atoms. The molecule has 1 unspecified atom stereocenters. The lowest BCUT2D eigenvalue weighted by Gasteiger charge is -2.16. The maximum atomic E-state index is 12.1. The van der Waals surface area contributed by atoms with Crippen LogP contribution in [0.4, 0.5) is 0 Å². The minimum absolute atomic E-state index is 0.159. The van der Waals surface area contributed by atoms with Gasteiger partial charge in [-0.1, -0.05) is 41.0 Å². The van der Waals surface area contributed by atoms with Crippen LogP contribution in [-0.2, 0) is 11.3 Å². The van der Waals surface area contributed by atoms with E-state index in [0.29, 0.717) is 21.7 Å². The number of amides is 1. The molecule has 1 amide bonds. The Morgan fingerprint density at radius 2 is 2.12 bits per heavy atom. The van der Waals surface area contributed by atoms with Crippen LogP contribution in [0.1, 0.15) is 25.5 Å². The second-order valence-corrected chi connectivity index (χ2v) is 6.86. The normalized spacial score (nSPS) is 12.0. The van der Waals surface area contributed by atoms with Crippen LogP contribution in [0.3, 0.4) is 0 Å². The van der Waals surface area contributed by atoms with Crippen LogP contribution in [0.2, 0.25) is 10.0 Å². The first kappa shape index (κ1) is 18.8. The van der Waals surface area contributed by atoms with Gasteiger partial charge in [0.1, 0.15) is 0 Å². The zero-order valence-electron chi connectivity index (χ0n) is 13.3. The van der Waals surface area contributed by atoms with Crippen molar-refractivity contribution in [3.8, 4) is 0 Å². The van der Waals surface area contributed by atoms with Crippen LogP contribution in [0.5, 0.6) is 0 Å². The van der Waals surface area contributed by atoms with Crippen LogP contribution >= 0.6 is 35.0 Å². The molecule has 1 N–H and O–H groups in total. The topological polar surface area (TPSA) is 64.0 Å². The maximum Gasteiger partial charge on any atom is 0.273 e. The molecule has 1 aromatic heterocycles. The maximum absolute atomic E-state index is 12.1. The van der Waals surface area contributed by atoms with E-state index in [4.69, 9.17) is 23.2 Å². The molecule has 2 aromatic rings. The van der Waals surface area contributed by atoms with Crippen molar-refractivity contribution in [1.82, 2.24) is 14.9 Å². The molecule has 24 heavy (non-hydrogen) atoms. The summed E-state index contributed by atoms with van der Waals surface area (Å²) in [5.41, 5.74) is 0.478. The molecule has 8 heteroatoms. The lowest BCUT2D eigenvalue weighted by atomic mass is 10.1. The minimum Gasteiger partial charge on any atom is -0.349 e. The highest BCUT2D eigenvalue weighted by atomic mass is 35.5. The molecule has 0 aliphatic heterocycles. The Bertz CT molecular complexity index is 795. The number of carbonyl (C=O) groups excluding carboxylic acids is 1. The van der Waals surface area contributed by atoms with Gasteiger partial charge in [0.25, 0.3) is 5.56 Å². The summed E-state index contributed by atoms with van der Waals surface area (Å²) in [7, 11) is 0. The van der Waals surface area contributed by atoms with E-state index >= 15 is 0 Å². The van der Waals surface area contributed by atoms with Crippen molar-refractivity contribution in [2.75, 3.05) is 5.75 Å². The first-order chi connectivity index (χ1) is 11.4. The molecule has 1 atom stereocenters. The second-order valence-electron chi connectivity index (χ2n) is 5.08. The van der Waals surface area contributed by atoms with Crippen LogP contribution < -0.4 is 10.9 Å². The van der Waals surface area contributed by atoms with Gasteiger partial charge >= 0.3 is 0 Å². The molecule has 0 fully saturated rings. The molecule has 0 saturated carbocycles. The van der Waals surface area contributed by atoms with Gasteiger partial charge in [-0.15, -0.1) is 0 Å². The van der Waals surface area contributed by atoms with Gasteiger partial charge in [0.2, 0.25) is 5.91 Å². The number of aryl methyl sites for hydroxylation is 1. The predicted molar refractivity (Wildman–Crippen MR) is 97.9 cm³/mol. The SMILES string of the molecule is CCn1ccc(=O)nc1SCC(=O)NC(C)c1ccc(Cl)cc1Cl. The Morgan fingerprint density at radius 3 is 2.79 bits per heavy atom. The summed E-state index contributed by atoms with van der Waals surface area (Å²) >= 11 is 13.2. The average molecular weight is 386 g/mol. The molecule has 5 nitrogen and oxygen atoms in total. The summed E-state index contributed by atoms with van der Waals surface area (Å²) in [5.74, 6) is -0.00861. The minimum atomic E-state index is -0.316. The van der Waals surface area contributed by atoms with E-state index in [0.717, 1.165) is 5.56 Å². The molecule has 1 heterocycles. The molecule has 2 rings (SSSR count). The number of nitrogens with one attached hydrogen (secondary N) is 1. The first-order valence-electron chi connectivity index (χ1n) is 7.35. The van der Waals surface area contributed by atoms with Crippen molar-refractivity contribution in [1.29, 1.82) is 0 Å². The van der Waals surface area contributed by atoms with E-state index in [1.165, 1.54) is 17.8 Å². The average Bonchev–Trinajstić information content (AvgIpc) is 2.52. The van der Waals surface area contributed by atoms with Crippen molar-refractivity contribution in [3.63, 3.8) is 0 Å². The van der Waals surface area contributed by atoms with Gasteiger partial charge in [-0.05, 0) is 31.5 Å². The summed E-state index contributed by atoms with van der Waals surface area (Å²) in [4.78, 5) is 27.4. The Balaban J connectivity index is 1.98. The van der Waals surface area contributed by atoms with Crippen molar-refractivity contribution in [2.45, 2.75) is 31.6 Å². The highest BCUT2D eigenvalue weighted by Gasteiger charge is 2.14. The predicted octanol–water partition coefficient (Wildman–Crippen LogP) is 3.54. The zero-order chi connectivity index (χ0) is 17.7. The van der Waals surface area contributed by atoms with E-state index in [1.807, 2.05) is 18.4 Å². The van der Waals surface area contributed by atoms with E-state index in [2.05, 4.69) is 10.3 Å². The van der Waals surface area contributed by atoms with Crippen LogP contribution in [0.15, 0.2) is 40.4 Å². The number of benzene rings is 1. The molecule has 128 valence electrons. The standard InChI is InChI=1S/C16H17Cl2N3O2S/c1-3-21-7-6-14(22)20-16(21)24-9-15(23)19-10(2)12-5-4-11(17)8-13(12)18/h4-8,10H,3,9H2,1-2H3,(H,19,23). The van der Waals surface area contributed by atoms with Crippen molar-refractivity contribution in [3.05, 3.63) is 56.4 Å². The molecule has 0 aliphatic carbocycles. The lowest BCUT2D eigenvalue weighted by Crippen LogP contribution is -2.28. The summed E-state index contributed by atoms with van der Waals surface area (Å²) in [6.07, 6.45) is 1.67. The van der Waals surface area contributed by atoms with Crippen molar-refractivity contribution >= 4 is 40.9 Å². The fourth-order valence-electron chi connectivity index (χ4n) is 2.11. The quantitative estimate of drug-likeness (QED) is 0.609. The van der Waals surface area contributed by atoms with Gasteiger partial charge in [-0.2, -0.15) is 4.98 Å². The van der Waals surface area contributed by atoms with Gasteiger partial charge in [-0.3, -0.25) is 9.59 Å². The lowest BCUT2D eigenvalue weighted by molar-refractivity contribution is -0.119. The Morgan fingerprint density at radius 1 is 1.38 bits per heavy atom. The third-order valence-corrected chi connectivity index (χ3v) is 4.88. The molecule has 1 aromatic carbocycles. The molecule has 0 radical (unpaired) electrons.